The van der Waals surface area contributed by atoms with Gasteiger partial charge < -0.3 is 5.32 Å². The Morgan fingerprint density at radius 2 is 1.95 bits per heavy atom. The van der Waals surface area contributed by atoms with E-state index in [1.54, 1.807) is 0 Å². The van der Waals surface area contributed by atoms with Crippen molar-refractivity contribution in [1.29, 1.82) is 0 Å². The molecule has 1 unspecified atom stereocenters. The number of rotatable bonds is 2. The van der Waals surface area contributed by atoms with E-state index in [1.807, 2.05) is 0 Å². The maximum atomic E-state index is 4.85. The molecule has 0 radical (unpaired) electrons. The monoisotopic (exact) mass is 253 g/mol. The van der Waals surface area contributed by atoms with Crippen LogP contribution in [0.5, 0.6) is 0 Å². The highest BCUT2D eigenvalue weighted by Gasteiger charge is 2.35. The standard InChI is InChI=1S/C16H19N3/c1-11-2-4-12(5-3-11)14-10-16-17-9-8-15(13-6-7-13)19(16)18-14/h2-5,10,13,15,17H,6-9H2,1H3. The van der Waals surface area contributed by atoms with Crippen molar-refractivity contribution < 1.29 is 0 Å². The molecule has 2 heterocycles. The summed E-state index contributed by atoms with van der Waals surface area (Å²) in [6.07, 6.45) is 3.97. The molecule has 4 rings (SSSR count). The summed E-state index contributed by atoms with van der Waals surface area (Å²) in [5.41, 5.74) is 3.60. The SMILES string of the molecule is Cc1ccc(-c2cc3n(n2)C(C2CC2)CCN3)cc1. The van der Waals surface area contributed by atoms with Crippen molar-refractivity contribution in [3.05, 3.63) is 35.9 Å². The predicted molar refractivity (Wildman–Crippen MR) is 77.3 cm³/mol. The maximum absolute atomic E-state index is 4.85. The van der Waals surface area contributed by atoms with Gasteiger partial charge in [-0.05, 0) is 32.1 Å². The van der Waals surface area contributed by atoms with E-state index in [0.717, 1.165) is 18.2 Å². The Balaban J connectivity index is 1.73. The summed E-state index contributed by atoms with van der Waals surface area (Å²) in [7, 11) is 0. The van der Waals surface area contributed by atoms with Crippen LogP contribution in [0.25, 0.3) is 11.3 Å². The van der Waals surface area contributed by atoms with Crippen molar-refractivity contribution in [2.24, 2.45) is 5.92 Å². The first-order valence-corrected chi connectivity index (χ1v) is 7.22. The van der Waals surface area contributed by atoms with E-state index in [1.165, 1.54) is 36.2 Å². The minimum absolute atomic E-state index is 0.621. The summed E-state index contributed by atoms with van der Waals surface area (Å²) in [6.45, 7) is 3.20. The molecule has 1 saturated carbocycles. The molecular weight excluding hydrogens is 234 g/mol. The van der Waals surface area contributed by atoms with Gasteiger partial charge in [0.15, 0.2) is 0 Å². The van der Waals surface area contributed by atoms with Crippen molar-refractivity contribution in [1.82, 2.24) is 9.78 Å². The molecule has 1 aromatic carbocycles. The van der Waals surface area contributed by atoms with Crippen molar-refractivity contribution >= 4 is 5.82 Å². The van der Waals surface area contributed by atoms with Crippen LogP contribution in [-0.2, 0) is 0 Å². The summed E-state index contributed by atoms with van der Waals surface area (Å²) in [5.74, 6) is 2.06. The Labute approximate surface area is 113 Å². The van der Waals surface area contributed by atoms with Crippen LogP contribution in [0.4, 0.5) is 5.82 Å². The molecular formula is C16H19N3. The van der Waals surface area contributed by atoms with E-state index in [4.69, 9.17) is 5.10 Å². The molecule has 1 atom stereocenters. The zero-order valence-corrected chi connectivity index (χ0v) is 11.3. The average Bonchev–Trinajstić information content (AvgIpc) is 3.17. The lowest BCUT2D eigenvalue weighted by molar-refractivity contribution is 0.376. The number of nitrogens with one attached hydrogen (secondary N) is 1. The minimum atomic E-state index is 0.621. The number of fused-ring (bicyclic) bond motifs is 1. The summed E-state index contributed by atoms with van der Waals surface area (Å²) >= 11 is 0. The average molecular weight is 253 g/mol. The second-order valence-electron chi connectivity index (χ2n) is 5.85. The van der Waals surface area contributed by atoms with Gasteiger partial charge in [-0.15, -0.1) is 0 Å². The summed E-state index contributed by atoms with van der Waals surface area (Å²) in [5, 5.41) is 8.32. The Hall–Kier alpha value is -1.77. The third kappa shape index (κ3) is 1.93. The minimum Gasteiger partial charge on any atom is -0.370 e. The van der Waals surface area contributed by atoms with Crippen molar-refractivity contribution in [3.63, 3.8) is 0 Å². The van der Waals surface area contributed by atoms with Crippen molar-refractivity contribution in [2.75, 3.05) is 11.9 Å². The molecule has 0 bridgehead atoms. The number of aromatic nitrogens is 2. The van der Waals surface area contributed by atoms with Gasteiger partial charge >= 0.3 is 0 Å². The fourth-order valence-corrected chi connectivity index (χ4v) is 3.03. The number of nitrogens with zero attached hydrogens (tertiary/aromatic N) is 2. The zero-order valence-electron chi connectivity index (χ0n) is 11.3. The molecule has 1 aromatic heterocycles. The molecule has 19 heavy (non-hydrogen) atoms. The Kier molecular flexibility index (Phi) is 2.40. The van der Waals surface area contributed by atoms with Gasteiger partial charge in [0, 0.05) is 18.2 Å². The van der Waals surface area contributed by atoms with Crippen LogP contribution in [0, 0.1) is 12.8 Å². The molecule has 3 heteroatoms. The fraction of sp³-hybridized carbons (Fsp3) is 0.438. The quantitative estimate of drug-likeness (QED) is 0.885. The second-order valence-corrected chi connectivity index (χ2v) is 5.85. The first-order valence-electron chi connectivity index (χ1n) is 7.22. The molecule has 1 aliphatic carbocycles. The molecule has 1 aliphatic heterocycles. The molecule has 2 aromatic rings. The van der Waals surface area contributed by atoms with Gasteiger partial charge in [-0.1, -0.05) is 29.8 Å². The predicted octanol–water partition coefficient (Wildman–Crippen LogP) is 3.63. The molecule has 2 aliphatic rings. The van der Waals surface area contributed by atoms with Gasteiger partial charge in [0.25, 0.3) is 0 Å². The first-order chi connectivity index (χ1) is 9.31. The Morgan fingerprint density at radius 3 is 2.68 bits per heavy atom. The molecule has 0 saturated heterocycles. The van der Waals surface area contributed by atoms with Crippen LogP contribution in [0.1, 0.15) is 30.9 Å². The summed E-state index contributed by atoms with van der Waals surface area (Å²) < 4.78 is 2.23. The third-order valence-electron chi connectivity index (χ3n) is 4.31. The lowest BCUT2D eigenvalue weighted by atomic mass is 10.1. The topological polar surface area (TPSA) is 29.9 Å². The van der Waals surface area contributed by atoms with Crippen molar-refractivity contribution in [2.45, 2.75) is 32.2 Å². The van der Waals surface area contributed by atoms with Crippen LogP contribution in [-0.4, -0.2) is 16.3 Å². The molecule has 98 valence electrons. The molecule has 1 N–H and O–H groups in total. The van der Waals surface area contributed by atoms with Gasteiger partial charge in [0.2, 0.25) is 0 Å². The zero-order chi connectivity index (χ0) is 12.8. The molecule has 0 spiro atoms. The Bertz CT molecular complexity index is 593. The van der Waals surface area contributed by atoms with E-state index in [2.05, 4.69) is 47.3 Å². The van der Waals surface area contributed by atoms with Crippen LogP contribution in [0.15, 0.2) is 30.3 Å². The van der Waals surface area contributed by atoms with E-state index < -0.39 is 0 Å². The van der Waals surface area contributed by atoms with Gasteiger partial charge in [0.1, 0.15) is 5.82 Å². The van der Waals surface area contributed by atoms with Gasteiger partial charge in [-0.3, -0.25) is 0 Å². The van der Waals surface area contributed by atoms with Crippen molar-refractivity contribution in [3.8, 4) is 11.3 Å². The normalized spacial score (nSPS) is 21.8. The largest absolute Gasteiger partial charge is 0.370 e. The number of hydrogen-bond donors (Lipinski definition) is 1. The molecule has 0 amide bonds. The molecule has 1 fully saturated rings. The van der Waals surface area contributed by atoms with Crippen LogP contribution >= 0.6 is 0 Å². The first kappa shape index (κ1) is 11.1. The van der Waals surface area contributed by atoms with Crippen LogP contribution in [0.2, 0.25) is 0 Å². The number of aryl methyl sites for hydroxylation is 1. The number of benzene rings is 1. The van der Waals surface area contributed by atoms with E-state index in [9.17, 15) is 0 Å². The fourth-order valence-electron chi connectivity index (χ4n) is 3.03. The lowest BCUT2D eigenvalue weighted by Gasteiger charge is -2.25. The Morgan fingerprint density at radius 1 is 1.16 bits per heavy atom. The lowest BCUT2D eigenvalue weighted by Crippen LogP contribution is -2.24. The van der Waals surface area contributed by atoms with E-state index in [-0.39, 0.29) is 0 Å². The highest BCUT2D eigenvalue weighted by Crippen LogP contribution is 2.44. The smallest absolute Gasteiger partial charge is 0.125 e. The van der Waals surface area contributed by atoms with Gasteiger partial charge in [-0.2, -0.15) is 5.10 Å². The van der Waals surface area contributed by atoms with Crippen LogP contribution in [0.3, 0.4) is 0 Å². The highest BCUT2D eigenvalue weighted by atomic mass is 15.4. The second kappa shape index (κ2) is 4.12. The molecule has 3 nitrogen and oxygen atoms in total. The van der Waals surface area contributed by atoms with Gasteiger partial charge in [-0.25, -0.2) is 4.68 Å². The summed E-state index contributed by atoms with van der Waals surface area (Å²) in [6, 6.07) is 11.4. The van der Waals surface area contributed by atoms with Crippen LogP contribution < -0.4 is 5.32 Å². The van der Waals surface area contributed by atoms with E-state index >= 15 is 0 Å². The van der Waals surface area contributed by atoms with E-state index in [0.29, 0.717) is 6.04 Å². The maximum Gasteiger partial charge on any atom is 0.125 e. The number of hydrogen-bond acceptors (Lipinski definition) is 2. The highest BCUT2D eigenvalue weighted by molar-refractivity contribution is 5.63. The summed E-state index contributed by atoms with van der Waals surface area (Å²) in [4.78, 5) is 0. The van der Waals surface area contributed by atoms with Gasteiger partial charge in [0.05, 0.1) is 11.7 Å². The third-order valence-corrected chi connectivity index (χ3v) is 4.31. The number of anilines is 1.